The number of hydrogen-bond acceptors (Lipinski definition) is 2. The lowest BCUT2D eigenvalue weighted by Crippen LogP contribution is -2.17. The van der Waals surface area contributed by atoms with Gasteiger partial charge in [-0.1, -0.05) is 0 Å². The third kappa shape index (κ3) is 1.41. The number of hydrogen-bond donors (Lipinski definition) is 0. The van der Waals surface area contributed by atoms with E-state index in [1.54, 1.807) is 0 Å². The van der Waals surface area contributed by atoms with Crippen LogP contribution in [0, 0.1) is 0 Å². The van der Waals surface area contributed by atoms with Crippen LogP contribution in [0.4, 0.5) is 0 Å². The average molecular weight is 214 g/mol. The lowest BCUT2D eigenvalue weighted by Gasteiger charge is -2.21. The molecule has 0 atom stereocenters. The highest BCUT2D eigenvalue weighted by atomic mass is 16.1. The van der Waals surface area contributed by atoms with Crippen LogP contribution >= 0.6 is 0 Å². The first-order valence-electron chi connectivity index (χ1n) is 5.98. The molecule has 0 aromatic heterocycles. The summed E-state index contributed by atoms with van der Waals surface area (Å²) in [6.45, 7) is 0. The smallest absolute Gasteiger partial charge is 0.163 e. The summed E-state index contributed by atoms with van der Waals surface area (Å²) in [4.78, 5) is 23.5. The van der Waals surface area contributed by atoms with Crippen molar-refractivity contribution in [3.05, 3.63) is 34.4 Å². The number of fused-ring (bicyclic) bond motifs is 2. The Morgan fingerprint density at radius 3 is 1.56 bits per heavy atom. The number of carbonyl (C=O) groups is 2. The zero-order valence-electron chi connectivity index (χ0n) is 9.21. The summed E-state index contributed by atoms with van der Waals surface area (Å²) in [5.74, 6) is 0.504. The van der Waals surface area contributed by atoms with Gasteiger partial charge in [0.1, 0.15) is 0 Å². The Balaban J connectivity index is 2.17. The summed E-state index contributed by atoms with van der Waals surface area (Å²) >= 11 is 0. The molecule has 1 aromatic carbocycles. The normalized spacial score (nSPS) is 19.2. The molecule has 2 aliphatic rings. The van der Waals surface area contributed by atoms with Crippen LogP contribution in [0.3, 0.4) is 0 Å². The summed E-state index contributed by atoms with van der Waals surface area (Å²) in [6, 6.07) is 3.95. The first-order valence-corrected chi connectivity index (χ1v) is 5.98. The van der Waals surface area contributed by atoms with Crippen LogP contribution in [0.1, 0.15) is 57.5 Å². The van der Waals surface area contributed by atoms with Gasteiger partial charge in [-0.3, -0.25) is 9.59 Å². The summed E-state index contributed by atoms with van der Waals surface area (Å²) in [5, 5.41) is 0. The van der Waals surface area contributed by atoms with Crippen molar-refractivity contribution in [2.45, 2.75) is 38.5 Å². The summed E-state index contributed by atoms with van der Waals surface area (Å²) < 4.78 is 0. The molecule has 0 spiro atoms. The minimum Gasteiger partial charge on any atom is -0.294 e. The van der Waals surface area contributed by atoms with Crippen molar-refractivity contribution >= 4 is 11.6 Å². The first kappa shape index (κ1) is 9.76. The van der Waals surface area contributed by atoms with Gasteiger partial charge in [0.2, 0.25) is 0 Å². The van der Waals surface area contributed by atoms with Gasteiger partial charge in [0, 0.05) is 24.0 Å². The molecule has 0 heterocycles. The summed E-state index contributed by atoms with van der Waals surface area (Å²) in [6.07, 6.45) is 5.08. The van der Waals surface area contributed by atoms with Crippen LogP contribution < -0.4 is 0 Å². The number of ketones is 2. The standard InChI is InChI=1S/C14H14O2/c15-13-5-1-3-9-7-12-10(8-11(9)13)4-2-6-14(12)16/h7-8H,1-6H2. The Kier molecular flexibility index (Phi) is 2.16. The SMILES string of the molecule is O=C1CCCc2cc3c(cc21)CCCC3=O. The third-order valence-corrected chi connectivity index (χ3v) is 3.63. The van der Waals surface area contributed by atoms with E-state index in [9.17, 15) is 9.59 Å². The van der Waals surface area contributed by atoms with Crippen molar-refractivity contribution in [3.63, 3.8) is 0 Å². The minimum atomic E-state index is 0.252. The van der Waals surface area contributed by atoms with E-state index in [1.165, 1.54) is 0 Å². The van der Waals surface area contributed by atoms with Crippen LogP contribution in [0.25, 0.3) is 0 Å². The molecule has 0 aliphatic heterocycles. The summed E-state index contributed by atoms with van der Waals surface area (Å²) in [7, 11) is 0. The molecule has 16 heavy (non-hydrogen) atoms. The van der Waals surface area contributed by atoms with E-state index in [2.05, 4.69) is 0 Å². The Morgan fingerprint density at radius 2 is 1.12 bits per heavy atom. The Morgan fingerprint density at radius 1 is 0.688 bits per heavy atom. The highest BCUT2D eigenvalue weighted by Gasteiger charge is 2.23. The second-order valence-electron chi connectivity index (χ2n) is 4.72. The molecule has 3 rings (SSSR count). The molecule has 0 N–H and O–H groups in total. The van der Waals surface area contributed by atoms with Crippen LogP contribution in [0.2, 0.25) is 0 Å². The van der Waals surface area contributed by atoms with Crippen LogP contribution in [0.15, 0.2) is 12.1 Å². The second-order valence-corrected chi connectivity index (χ2v) is 4.72. The zero-order chi connectivity index (χ0) is 11.1. The van der Waals surface area contributed by atoms with Gasteiger partial charge < -0.3 is 0 Å². The first-order chi connectivity index (χ1) is 7.75. The molecular weight excluding hydrogens is 200 g/mol. The van der Waals surface area contributed by atoms with E-state index in [0.717, 1.165) is 47.9 Å². The van der Waals surface area contributed by atoms with Crippen molar-refractivity contribution in [1.82, 2.24) is 0 Å². The molecule has 0 unspecified atom stereocenters. The van der Waals surface area contributed by atoms with Gasteiger partial charge in [0.15, 0.2) is 11.6 Å². The van der Waals surface area contributed by atoms with E-state index in [-0.39, 0.29) is 11.6 Å². The van der Waals surface area contributed by atoms with Crippen molar-refractivity contribution in [3.8, 4) is 0 Å². The largest absolute Gasteiger partial charge is 0.294 e. The molecule has 0 fully saturated rings. The maximum atomic E-state index is 11.8. The lowest BCUT2D eigenvalue weighted by atomic mass is 9.82. The molecule has 2 aliphatic carbocycles. The minimum absolute atomic E-state index is 0.252. The van der Waals surface area contributed by atoms with Gasteiger partial charge in [0.05, 0.1) is 0 Å². The van der Waals surface area contributed by atoms with Crippen molar-refractivity contribution in [2.24, 2.45) is 0 Å². The molecule has 0 bridgehead atoms. The van der Waals surface area contributed by atoms with Crippen molar-refractivity contribution < 1.29 is 9.59 Å². The molecular formula is C14H14O2. The summed E-state index contributed by atoms with van der Waals surface area (Å²) in [5.41, 5.74) is 3.93. The van der Waals surface area contributed by atoms with Crippen molar-refractivity contribution in [1.29, 1.82) is 0 Å². The molecule has 1 aromatic rings. The van der Waals surface area contributed by atoms with Gasteiger partial charge in [-0.25, -0.2) is 0 Å². The zero-order valence-corrected chi connectivity index (χ0v) is 9.21. The topological polar surface area (TPSA) is 34.1 Å². The number of rotatable bonds is 0. The third-order valence-electron chi connectivity index (χ3n) is 3.63. The lowest BCUT2D eigenvalue weighted by molar-refractivity contribution is 0.0958. The van der Waals surface area contributed by atoms with E-state index < -0.39 is 0 Å². The van der Waals surface area contributed by atoms with Gasteiger partial charge in [-0.2, -0.15) is 0 Å². The van der Waals surface area contributed by atoms with E-state index in [1.807, 2.05) is 12.1 Å². The number of carbonyl (C=O) groups excluding carboxylic acids is 2. The monoisotopic (exact) mass is 214 g/mol. The number of benzene rings is 1. The Bertz CT molecular complexity index is 440. The highest BCUT2D eigenvalue weighted by Crippen LogP contribution is 2.29. The van der Waals surface area contributed by atoms with Crippen LogP contribution in [0.5, 0.6) is 0 Å². The maximum Gasteiger partial charge on any atom is 0.163 e. The second kappa shape index (κ2) is 3.55. The predicted molar refractivity (Wildman–Crippen MR) is 61.0 cm³/mol. The van der Waals surface area contributed by atoms with Gasteiger partial charge >= 0.3 is 0 Å². The van der Waals surface area contributed by atoms with E-state index >= 15 is 0 Å². The molecule has 0 amide bonds. The maximum absolute atomic E-state index is 11.8. The predicted octanol–water partition coefficient (Wildman–Crippen LogP) is 2.72. The molecule has 82 valence electrons. The Hall–Kier alpha value is -1.44. The molecule has 0 saturated carbocycles. The quantitative estimate of drug-likeness (QED) is 0.665. The molecule has 2 nitrogen and oxygen atoms in total. The van der Waals surface area contributed by atoms with Crippen molar-refractivity contribution in [2.75, 3.05) is 0 Å². The van der Waals surface area contributed by atoms with Crippen LogP contribution in [-0.4, -0.2) is 11.6 Å². The average Bonchev–Trinajstić information content (AvgIpc) is 2.29. The highest BCUT2D eigenvalue weighted by molar-refractivity contribution is 6.03. The Labute approximate surface area is 94.7 Å². The number of Topliss-reactive ketones (excluding diaryl/α,β-unsaturated/α-hetero) is 2. The molecule has 0 radical (unpaired) electrons. The molecule has 0 saturated heterocycles. The van der Waals surface area contributed by atoms with Crippen LogP contribution in [-0.2, 0) is 12.8 Å². The van der Waals surface area contributed by atoms with E-state index in [4.69, 9.17) is 0 Å². The van der Waals surface area contributed by atoms with E-state index in [0.29, 0.717) is 12.8 Å². The van der Waals surface area contributed by atoms with Gasteiger partial charge in [-0.15, -0.1) is 0 Å². The van der Waals surface area contributed by atoms with Gasteiger partial charge in [0.25, 0.3) is 0 Å². The molecule has 2 heteroatoms. The fourth-order valence-electron chi connectivity index (χ4n) is 2.77. The fourth-order valence-corrected chi connectivity index (χ4v) is 2.77. The number of aryl methyl sites for hydroxylation is 2. The fraction of sp³-hybridized carbons (Fsp3) is 0.429. The van der Waals surface area contributed by atoms with Gasteiger partial charge in [-0.05, 0) is 48.9 Å².